The molecule has 0 spiro atoms. The first-order valence-corrected chi connectivity index (χ1v) is 54.8. The lowest BCUT2D eigenvalue weighted by Gasteiger charge is -2.36. The summed E-state index contributed by atoms with van der Waals surface area (Å²) in [6.07, 6.45) is 63.9. The Kier molecular flexibility index (Phi) is 58.4. The van der Waals surface area contributed by atoms with E-state index >= 15 is 0 Å². The third kappa shape index (κ3) is 40.6. The number of β-amino-alcohol motifs (C(OH)–C–C–N with tert-alkyl or cyclic N) is 2. The topological polar surface area (TPSA) is 328 Å². The van der Waals surface area contributed by atoms with Crippen LogP contribution >= 0.6 is 34.8 Å². The molecule has 3 fully saturated rings. The number of nitrogens with zero attached hydrogens (tertiary/aromatic N) is 3. The smallest absolute Gasteiger partial charge is 0.507 e. The number of aliphatic hydroxyl groups is 2. The van der Waals surface area contributed by atoms with Crippen LogP contribution in [0.25, 0.3) is 66.9 Å². The zero-order valence-corrected chi connectivity index (χ0v) is 89.3. The van der Waals surface area contributed by atoms with Gasteiger partial charge < -0.3 is 87.0 Å². The van der Waals surface area contributed by atoms with E-state index in [0.29, 0.717) is 120 Å². The number of fused-ring (bicyclic) bond motifs is 3. The molecule has 6 atom stereocenters. The number of carbonyl (C=O) groups is 3. The van der Waals surface area contributed by atoms with Crippen LogP contribution in [0.3, 0.4) is 0 Å². The normalized spacial score (nSPS) is 16.6. The first-order chi connectivity index (χ1) is 71.4. The molecule has 3 saturated heterocycles. The van der Waals surface area contributed by atoms with Crippen LogP contribution in [-0.4, -0.2) is 162 Å². The molecule has 3 unspecified atom stereocenters. The third-order valence-electron chi connectivity index (χ3n) is 27.2. The van der Waals surface area contributed by atoms with Crippen molar-refractivity contribution in [3.05, 3.63) is 245 Å². The molecule has 9 aromatic rings. The van der Waals surface area contributed by atoms with Crippen molar-refractivity contribution in [1.82, 2.24) is 14.7 Å². The van der Waals surface area contributed by atoms with Crippen molar-refractivity contribution in [3.8, 4) is 68.5 Å². The molecule has 3 aliphatic heterocycles. The minimum Gasteiger partial charge on any atom is -0.507 e. The molecule has 0 bridgehead atoms. The van der Waals surface area contributed by atoms with Crippen molar-refractivity contribution < 1.29 is 86.7 Å². The minimum atomic E-state index is -0.968. The molecule has 6 aromatic carbocycles. The fraction of sp³-hybridized carbons (Fsp3) is 0.512. The quantitative estimate of drug-likeness (QED) is 0.00678. The van der Waals surface area contributed by atoms with Gasteiger partial charge in [0.1, 0.15) is 85.0 Å². The number of halogens is 3. The Morgan fingerprint density at radius 1 is 0.347 bits per heavy atom. The Morgan fingerprint density at radius 3 is 1.02 bits per heavy atom. The Labute approximate surface area is 904 Å². The average Bonchev–Trinajstić information content (AvgIpc) is 0.754. The van der Waals surface area contributed by atoms with Crippen LogP contribution in [0.5, 0.6) is 34.5 Å². The molecular weight excluding hydrogens is 1960 g/mol. The molecular formula is C123H168Cl3N3O21. The van der Waals surface area contributed by atoms with Crippen LogP contribution in [0.1, 0.15) is 328 Å². The van der Waals surface area contributed by atoms with Gasteiger partial charge in [-0.1, -0.05) is 303 Å². The SMILES string of the molecule is C.C.C.CCCCC/C=C\C/C=C\CCCCCCCCOC(=O)O[C@H]1CN(C)CCC1c1c(O)cc(O)c2c(=O)cc(-c3ccccc3Cl)oc12.CCCCC/C=C\C/C=C\CCCCCCCCOC(=O)Oc1cc(O)c(C2CCN(C)C[C@@H]2O)c2oc(-c3ccccc3Cl)cc(=O)c12.CCCCC/C=C\C/C=C\CCCCCCCCOC(=O)Oc1cc(O)c2c(=O)cc(-c3ccccc3Cl)oc2c1C1CCN(C)C[C@@H]1O. The van der Waals surface area contributed by atoms with E-state index in [-0.39, 0.29) is 115 Å². The summed E-state index contributed by atoms with van der Waals surface area (Å²) in [5.74, 6) is -2.41. The standard InChI is InChI=1S/3C40H52ClNO7.3CH4/c1-3-4-5-6-7-8-9-10-11-12-13-14-15-16-17-20-25-47-40(46)49-36-27-32(43)37(30-23-24-42(2)28-34(30)45)39-38(36)33(44)26-35(48-39)29-21-18-19-22-31(29)41;1-3-4-5-6-7-8-9-10-11-12-13-14-15-16-17-20-25-47-40(46)49-36-27-33(44)38-32(43)26-35(29-21-18-19-22-31(29)41)48-39(38)37(36)30-23-24-42(2)28-34(30)45;1-3-4-5-6-7-8-9-10-11-12-13-14-15-16-17-20-25-47-40(46)49-36-28-42(2)24-23-30(36)37-32(43)26-33(44)38-34(45)27-35(48-39(37)38)29-21-18-19-22-31(29)41;;;/h7-8,10-11,18-19,21-22,26-27,30,34,43,45H,3-6,9,12-17,20,23-25,28H2,1-2H3;7-8,10-11,18-19,21-22,26-27,30,34,44-45H,3-6,9,12-17,20,23-25,28H2,1-2H3;7-8,10-11,18-19,21-22,26-27,30,36,43-44H,3-6,9,12-17,20,23-25,28H2,1-2H3;3*1H4/b3*8-7-,11-10-;;;/t2*30?,34-;30?,36-;;;/m000.../s1. The number of likely N-dealkylation sites (tertiary alicyclic amines) is 3. The Morgan fingerprint density at radius 2 is 0.640 bits per heavy atom. The second-order valence-corrected chi connectivity index (χ2v) is 40.2. The fourth-order valence-corrected chi connectivity index (χ4v) is 19.7. The zero-order valence-electron chi connectivity index (χ0n) is 87.0. The van der Waals surface area contributed by atoms with Crippen molar-refractivity contribution in [2.45, 2.75) is 330 Å². The number of rotatable bonds is 54. The van der Waals surface area contributed by atoms with E-state index in [1.54, 1.807) is 72.8 Å². The van der Waals surface area contributed by atoms with Crippen LogP contribution in [-0.2, 0) is 18.9 Å². The van der Waals surface area contributed by atoms with Crippen LogP contribution in [0, 0.1) is 0 Å². The highest BCUT2D eigenvalue weighted by Crippen LogP contribution is 2.49. The van der Waals surface area contributed by atoms with E-state index < -0.39 is 82.3 Å². The molecule has 0 saturated carbocycles. The zero-order chi connectivity index (χ0) is 105. The summed E-state index contributed by atoms with van der Waals surface area (Å²) in [4.78, 5) is 84.6. The maximum Gasteiger partial charge on any atom is 0.513 e. The molecule has 24 nitrogen and oxygen atoms in total. The molecule has 6 N–H and O–H groups in total. The van der Waals surface area contributed by atoms with Gasteiger partial charge in [0.2, 0.25) is 0 Å². The number of likely N-dealkylation sites (N-methyl/N-ethyl adjacent to an activating group) is 3. The Hall–Kier alpha value is -10.9. The minimum absolute atomic E-state index is 0. The molecule has 27 heteroatoms. The van der Waals surface area contributed by atoms with Crippen molar-refractivity contribution in [2.75, 3.05) is 80.2 Å². The van der Waals surface area contributed by atoms with Crippen LogP contribution < -0.4 is 25.8 Å². The van der Waals surface area contributed by atoms with E-state index in [2.05, 4.69) is 93.7 Å². The number of carbonyl (C=O) groups excluding carboxylic acids is 3. The van der Waals surface area contributed by atoms with Crippen LogP contribution in [0.2, 0.25) is 15.1 Å². The number of phenolic OH excluding ortho intramolecular Hbond substituents is 4. The summed E-state index contributed by atoms with van der Waals surface area (Å²) in [7, 11) is 5.74. The van der Waals surface area contributed by atoms with E-state index in [1.165, 1.54) is 146 Å². The van der Waals surface area contributed by atoms with E-state index in [0.717, 1.165) is 109 Å². The molecule has 3 aromatic heterocycles. The summed E-state index contributed by atoms with van der Waals surface area (Å²) in [5.41, 5.74) is 1.12. The number of hydrogen-bond acceptors (Lipinski definition) is 24. The number of piperidine rings is 3. The summed E-state index contributed by atoms with van der Waals surface area (Å²) in [6, 6.07) is 28.3. The lowest BCUT2D eigenvalue weighted by atomic mass is 9.85. The molecule has 150 heavy (non-hydrogen) atoms. The summed E-state index contributed by atoms with van der Waals surface area (Å²) in [5, 5.41) is 67.0. The van der Waals surface area contributed by atoms with Gasteiger partial charge in [-0.05, 0) is 212 Å². The number of hydrogen-bond donors (Lipinski definition) is 6. The molecule has 822 valence electrons. The van der Waals surface area contributed by atoms with Crippen LogP contribution in [0.15, 0.2) is 210 Å². The fourth-order valence-electron chi connectivity index (χ4n) is 19.1. The number of phenols is 4. The highest BCUT2D eigenvalue weighted by molar-refractivity contribution is 6.34. The number of aliphatic hydroxyl groups excluding tert-OH is 2. The van der Waals surface area contributed by atoms with Gasteiger partial charge in [0, 0.05) is 107 Å². The predicted octanol–water partition coefficient (Wildman–Crippen LogP) is 32.0. The van der Waals surface area contributed by atoms with Gasteiger partial charge in [0.15, 0.2) is 22.0 Å². The van der Waals surface area contributed by atoms with Gasteiger partial charge in [0.25, 0.3) is 0 Å². The molecule has 6 heterocycles. The number of unbranched alkanes of at least 4 members (excludes halogenated alkanes) is 27. The third-order valence-corrected chi connectivity index (χ3v) is 28.1. The van der Waals surface area contributed by atoms with Crippen molar-refractivity contribution in [3.63, 3.8) is 0 Å². The lowest BCUT2D eigenvalue weighted by Crippen LogP contribution is -2.43. The summed E-state index contributed by atoms with van der Waals surface area (Å²) < 4.78 is 51.9. The van der Waals surface area contributed by atoms with Crippen molar-refractivity contribution >= 4 is 86.2 Å². The lowest BCUT2D eigenvalue weighted by molar-refractivity contribution is -0.0114. The highest BCUT2D eigenvalue weighted by atomic mass is 35.5. The van der Waals surface area contributed by atoms with Gasteiger partial charge in [-0.25, -0.2) is 14.4 Å². The second kappa shape index (κ2) is 69.6. The second-order valence-electron chi connectivity index (χ2n) is 38.9. The number of aromatic hydroxyl groups is 4. The maximum absolute atomic E-state index is 13.6. The number of benzene rings is 6. The first kappa shape index (κ1) is 126. The van der Waals surface area contributed by atoms with E-state index in [4.69, 9.17) is 76.5 Å². The molecule has 0 amide bonds. The monoisotopic (exact) mass is 2130 g/mol. The van der Waals surface area contributed by atoms with Gasteiger partial charge in [-0.3, -0.25) is 14.4 Å². The average molecular weight is 2130 g/mol. The van der Waals surface area contributed by atoms with Crippen molar-refractivity contribution in [1.29, 1.82) is 0 Å². The molecule has 3 aliphatic rings. The maximum atomic E-state index is 13.6. The first-order valence-electron chi connectivity index (χ1n) is 53.7. The number of allylic oxidation sites excluding steroid dienone is 12. The molecule has 0 radical (unpaired) electrons. The predicted molar refractivity (Wildman–Crippen MR) is 610 cm³/mol. The van der Waals surface area contributed by atoms with Gasteiger partial charge in [-0.15, -0.1) is 0 Å². The molecule has 12 rings (SSSR count). The Balaban J connectivity index is 0.000000301. The van der Waals surface area contributed by atoms with E-state index in [1.807, 2.05) is 35.8 Å². The highest BCUT2D eigenvalue weighted by Gasteiger charge is 2.40. The van der Waals surface area contributed by atoms with Gasteiger partial charge in [0.05, 0.1) is 47.1 Å². The summed E-state index contributed by atoms with van der Waals surface area (Å²) in [6.45, 7) is 10.5. The largest absolute Gasteiger partial charge is 0.513 e. The Bertz CT molecular complexity index is 5930. The van der Waals surface area contributed by atoms with Crippen molar-refractivity contribution in [2.24, 2.45) is 0 Å². The molecule has 0 aliphatic carbocycles. The number of ether oxygens (including phenoxy) is 6. The summed E-state index contributed by atoms with van der Waals surface area (Å²) >= 11 is 19.2. The van der Waals surface area contributed by atoms with Crippen LogP contribution in [0.4, 0.5) is 14.4 Å². The van der Waals surface area contributed by atoms with Gasteiger partial charge >= 0.3 is 18.5 Å². The van der Waals surface area contributed by atoms with Gasteiger partial charge in [-0.2, -0.15) is 0 Å². The van der Waals surface area contributed by atoms with E-state index in [9.17, 15) is 59.4 Å².